The second kappa shape index (κ2) is 8.03. The van der Waals surface area contributed by atoms with Gasteiger partial charge >= 0.3 is 0 Å². The Balaban J connectivity index is 2.09. The zero-order valence-electron chi connectivity index (χ0n) is 12.6. The van der Waals surface area contributed by atoms with Crippen LogP contribution in [0.3, 0.4) is 0 Å². The highest BCUT2D eigenvalue weighted by Crippen LogP contribution is 2.20. The summed E-state index contributed by atoms with van der Waals surface area (Å²) in [5.74, 6) is 0. The Kier molecular flexibility index (Phi) is 6.03. The molecule has 0 saturated heterocycles. The quantitative estimate of drug-likeness (QED) is 0.722. The summed E-state index contributed by atoms with van der Waals surface area (Å²) in [5.41, 5.74) is 1.31. The van der Waals surface area contributed by atoms with Crippen LogP contribution < -0.4 is 5.32 Å². The zero-order chi connectivity index (χ0) is 14.2. The number of fused-ring (bicyclic) bond motifs is 1. The molecule has 0 fully saturated rings. The Morgan fingerprint density at radius 1 is 1.05 bits per heavy atom. The van der Waals surface area contributed by atoms with E-state index in [1.165, 1.54) is 22.8 Å². The standard InChI is InChI=1S/C18H25NO/c1-3-5-12-20-14-18(19-4-2)17-11-10-15-8-6-7-9-16(15)13-17/h6-11,13,18-19H,3-5,12,14H2,1-2H3. The minimum Gasteiger partial charge on any atom is -0.379 e. The fourth-order valence-corrected chi connectivity index (χ4v) is 2.39. The number of benzene rings is 2. The Hall–Kier alpha value is -1.38. The van der Waals surface area contributed by atoms with E-state index in [0.717, 1.165) is 26.2 Å². The molecule has 0 aliphatic carbocycles. The summed E-state index contributed by atoms with van der Waals surface area (Å²) >= 11 is 0. The summed E-state index contributed by atoms with van der Waals surface area (Å²) in [6, 6.07) is 15.4. The summed E-state index contributed by atoms with van der Waals surface area (Å²) < 4.78 is 5.79. The lowest BCUT2D eigenvalue weighted by Gasteiger charge is -2.19. The molecule has 1 N–H and O–H groups in total. The van der Waals surface area contributed by atoms with Crippen LogP contribution in [-0.4, -0.2) is 19.8 Å². The van der Waals surface area contributed by atoms with Crippen molar-refractivity contribution < 1.29 is 4.74 Å². The van der Waals surface area contributed by atoms with Gasteiger partial charge in [0.25, 0.3) is 0 Å². The Morgan fingerprint density at radius 2 is 1.85 bits per heavy atom. The Labute approximate surface area is 122 Å². The molecule has 0 radical (unpaired) electrons. The smallest absolute Gasteiger partial charge is 0.0661 e. The molecule has 1 atom stereocenters. The van der Waals surface area contributed by atoms with Crippen LogP contribution in [0.25, 0.3) is 10.8 Å². The lowest BCUT2D eigenvalue weighted by Crippen LogP contribution is -2.25. The maximum atomic E-state index is 5.79. The summed E-state index contributed by atoms with van der Waals surface area (Å²) in [4.78, 5) is 0. The fourth-order valence-electron chi connectivity index (χ4n) is 2.39. The summed E-state index contributed by atoms with van der Waals surface area (Å²) in [7, 11) is 0. The Bertz CT molecular complexity index is 524. The van der Waals surface area contributed by atoms with Crippen LogP contribution in [0.15, 0.2) is 42.5 Å². The van der Waals surface area contributed by atoms with Crippen molar-refractivity contribution in [3.05, 3.63) is 48.0 Å². The van der Waals surface area contributed by atoms with Crippen LogP contribution in [-0.2, 0) is 4.74 Å². The normalized spacial score (nSPS) is 12.7. The van der Waals surface area contributed by atoms with Gasteiger partial charge in [-0.25, -0.2) is 0 Å². The van der Waals surface area contributed by atoms with E-state index in [1.807, 2.05) is 0 Å². The molecule has 2 heteroatoms. The summed E-state index contributed by atoms with van der Waals surface area (Å²) in [6.45, 7) is 6.88. The van der Waals surface area contributed by atoms with E-state index in [4.69, 9.17) is 4.74 Å². The van der Waals surface area contributed by atoms with Crippen LogP contribution in [0.4, 0.5) is 0 Å². The number of hydrogen-bond acceptors (Lipinski definition) is 2. The van der Waals surface area contributed by atoms with Crippen molar-refractivity contribution in [3.8, 4) is 0 Å². The number of rotatable bonds is 8. The van der Waals surface area contributed by atoms with E-state index < -0.39 is 0 Å². The molecule has 2 aromatic rings. The van der Waals surface area contributed by atoms with Crippen molar-refractivity contribution in [2.45, 2.75) is 32.7 Å². The SMILES string of the molecule is CCCCOCC(NCC)c1ccc2ccccc2c1. The first-order chi connectivity index (χ1) is 9.85. The first kappa shape index (κ1) is 15.0. The van der Waals surface area contributed by atoms with E-state index >= 15 is 0 Å². The molecular formula is C18H25NO. The van der Waals surface area contributed by atoms with Crippen molar-refractivity contribution in [1.82, 2.24) is 5.32 Å². The molecule has 0 heterocycles. The molecule has 2 aromatic carbocycles. The molecule has 0 aliphatic heterocycles. The van der Waals surface area contributed by atoms with Gasteiger partial charge in [-0.3, -0.25) is 0 Å². The Morgan fingerprint density at radius 3 is 2.60 bits per heavy atom. The number of hydrogen-bond donors (Lipinski definition) is 1. The molecule has 0 amide bonds. The van der Waals surface area contributed by atoms with Crippen LogP contribution in [0.2, 0.25) is 0 Å². The first-order valence-corrected chi connectivity index (χ1v) is 7.65. The van der Waals surface area contributed by atoms with Crippen LogP contribution >= 0.6 is 0 Å². The van der Waals surface area contributed by atoms with Gasteiger partial charge in [0.2, 0.25) is 0 Å². The largest absolute Gasteiger partial charge is 0.379 e. The third kappa shape index (κ3) is 4.06. The van der Waals surface area contributed by atoms with Crippen molar-refractivity contribution in [2.24, 2.45) is 0 Å². The average Bonchev–Trinajstić information content (AvgIpc) is 2.50. The van der Waals surface area contributed by atoms with Crippen LogP contribution in [0, 0.1) is 0 Å². The van der Waals surface area contributed by atoms with Gasteiger partial charge in [-0.1, -0.05) is 56.7 Å². The molecule has 0 saturated carbocycles. The number of ether oxygens (including phenoxy) is 1. The third-order valence-electron chi connectivity index (χ3n) is 3.55. The fraction of sp³-hybridized carbons (Fsp3) is 0.444. The molecule has 2 nitrogen and oxygen atoms in total. The van der Waals surface area contributed by atoms with E-state index in [-0.39, 0.29) is 6.04 Å². The van der Waals surface area contributed by atoms with Crippen LogP contribution in [0.5, 0.6) is 0 Å². The van der Waals surface area contributed by atoms with E-state index in [0.29, 0.717) is 0 Å². The number of unbranched alkanes of at least 4 members (excludes halogenated alkanes) is 1. The minimum absolute atomic E-state index is 0.279. The highest BCUT2D eigenvalue weighted by atomic mass is 16.5. The lowest BCUT2D eigenvalue weighted by molar-refractivity contribution is 0.109. The van der Waals surface area contributed by atoms with Gasteiger partial charge in [-0.15, -0.1) is 0 Å². The molecule has 2 rings (SSSR count). The van der Waals surface area contributed by atoms with E-state index in [2.05, 4.69) is 61.6 Å². The van der Waals surface area contributed by atoms with Crippen molar-refractivity contribution in [1.29, 1.82) is 0 Å². The molecule has 0 bridgehead atoms. The summed E-state index contributed by atoms with van der Waals surface area (Å²) in [5, 5.41) is 6.10. The van der Waals surface area contributed by atoms with Gasteiger partial charge in [0, 0.05) is 6.61 Å². The van der Waals surface area contributed by atoms with E-state index in [1.54, 1.807) is 0 Å². The van der Waals surface area contributed by atoms with E-state index in [9.17, 15) is 0 Å². The topological polar surface area (TPSA) is 21.3 Å². The van der Waals surface area contributed by atoms with Gasteiger partial charge in [-0.2, -0.15) is 0 Å². The monoisotopic (exact) mass is 271 g/mol. The van der Waals surface area contributed by atoms with Gasteiger partial charge < -0.3 is 10.1 Å². The first-order valence-electron chi connectivity index (χ1n) is 7.65. The van der Waals surface area contributed by atoms with Crippen molar-refractivity contribution in [3.63, 3.8) is 0 Å². The second-order valence-corrected chi connectivity index (χ2v) is 5.15. The molecule has 0 aromatic heterocycles. The molecular weight excluding hydrogens is 246 g/mol. The maximum Gasteiger partial charge on any atom is 0.0661 e. The van der Waals surface area contributed by atoms with Gasteiger partial charge in [0.15, 0.2) is 0 Å². The molecule has 0 aliphatic rings. The minimum atomic E-state index is 0.279. The third-order valence-corrected chi connectivity index (χ3v) is 3.55. The lowest BCUT2D eigenvalue weighted by atomic mass is 10.0. The highest BCUT2D eigenvalue weighted by Gasteiger charge is 2.10. The van der Waals surface area contributed by atoms with Crippen molar-refractivity contribution >= 4 is 10.8 Å². The second-order valence-electron chi connectivity index (χ2n) is 5.15. The highest BCUT2D eigenvalue weighted by molar-refractivity contribution is 5.83. The molecule has 20 heavy (non-hydrogen) atoms. The predicted molar refractivity (Wildman–Crippen MR) is 86.1 cm³/mol. The maximum absolute atomic E-state index is 5.79. The number of likely N-dealkylation sites (N-methyl/N-ethyl adjacent to an activating group) is 1. The zero-order valence-corrected chi connectivity index (χ0v) is 12.6. The molecule has 1 unspecified atom stereocenters. The average molecular weight is 271 g/mol. The van der Waals surface area contributed by atoms with Gasteiger partial charge in [0.1, 0.15) is 0 Å². The van der Waals surface area contributed by atoms with Gasteiger partial charge in [-0.05, 0) is 35.4 Å². The molecule has 0 spiro atoms. The van der Waals surface area contributed by atoms with Crippen LogP contribution in [0.1, 0.15) is 38.3 Å². The van der Waals surface area contributed by atoms with Gasteiger partial charge in [0.05, 0.1) is 12.6 Å². The van der Waals surface area contributed by atoms with Crippen molar-refractivity contribution in [2.75, 3.05) is 19.8 Å². The predicted octanol–water partition coefficient (Wildman–Crippen LogP) is 4.31. The summed E-state index contributed by atoms with van der Waals surface area (Å²) in [6.07, 6.45) is 2.32. The molecule has 108 valence electrons. The number of nitrogens with one attached hydrogen (secondary N) is 1.